The summed E-state index contributed by atoms with van der Waals surface area (Å²) in [6, 6.07) is 14.8. The monoisotopic (exact) mass is 398 g/mol. The Morgan fingerprint density at radius 1 is 1.26 bits per heavy atom. The first-order chi connectivity index (χ1) is 13.0. The van der Waals surface area contributed by atoms with Gasteiger partial charge in [0.05, 0.1) is 12.0 Å². The van der Waals surface area contributed by atoms with Crippen molar-refractivity contribution in [1.29, 1.82) is 0 Å². The highest BCUT2D eigenvalue weighted by atomic mass is 32.2. The van der Waals surface area contributed by atoms with Crippen molar-refractivity contribution in [3.63, 3.8) is 0 Å². The van der Waals surface area contributed by atoms with Crippen LogP contribution in [-0.4, -0.2) is 34.7 Å². The molecule has 0 aliphatic carbocycles. The summed E-state index contributed by atoms with van der Waals surface area (Å²) in [5, 5.41) is 2.79. The molecule has 2 aromatic carbocycles. The predicted molar refractivity (Wildman–Crippen MR) is 113 cm³/mol. The molecule has 27 heavy (non-hydrogen) atoms. The molecule has 0 saturated carbocycles. The number of thiocarbonyl (C=S) groups is 1. The van der Waals surface area contributed by atoms with Gasteiger partial charge in [-0.2, -0.15) is 0 Å². The lowest BCUT2D eigenvalue weighted by molar-refractivity contribution is -0.126. The number of nitrogens with zero attached hydrogens (tertiary/aromatic N) is 1. The number of benzene rings is 2. The molecule has 0 bridgehead atoms. The number of anilines is 1. The lowest BCUT2D eigenvalue weighted by Gasteiger charge is -2.14. The van der Waals surface area contributed by atoms with E-state index in [-0.39, 0.29) is 18.4 Å². The molecule has 1 aliphatic heterocycles. The Labute approximate surface area is 167 Å². The molecular formula is C20H18N2O3S2. The maximum absolute atomic E-state index is 12.6. The minimum Gasteiger partial charge on any atom is -0.497 e. The normalized spacial score (nSPS) is 15.3. The number of hydrogen-bond donors (Lipinski definition) is 1. The van der Waals surface area contributed by atoms with Crippen LogP contribution in [-0.2, 0) is 9.59 Å². The van der Waals surface area contributed by atoms with Gasteiger partial charge >= 0.3 is 0 Å². The van der Waals surface area contributed by atoms with E-state index in [9.17, 15) is 9.59 Å². The second-order valence-corrected chi connectivity index (χ2v) is 7.63. The van der Waals surface area contributed by atoms with Crippen LogP contribution in [0.3, 0.4) is 0 Å². The molecular weight excluding hydrogens is 380 g/mol. The summed E-state index contributed by atoms with van der Waals surface area (Å²) < 4.78 is 5.50. The Kier molecular flexibility index (Phi) is 5.93. The van der Waals surface area contributed by atoms with Gasteiger partial charge in [-0.15, -0.1) is 0 Å². The molecule has 7 heteroatoms. The predicted octanol–water partition coefficient (Wildman–Crippen LogP) is 3.84. The third-order valence-electron chi connectivity index (χ3n) is 3.89. The zero-order valence-corrected chi connectivity index (χ0v) is 16.5. The average molecular weight is 399 g/mol. The third-order valence-corrected chi connectivity index (χ3v) is 5.27. The number of aryl methyl sites for hydroxylation is 1. The fourth-order valence-corrected chi connectivity index (χ4v) is 3.81. The van der Waals surface area contributed by atoms with Crippen LogP contribution in [0.15, 0.2) is 53.4 Å². The third kappa shape index (κ3) is 4.75. The smallest absolute Gasteiger partial charge is 0.266 e. The van der Waals surface area contributed by atoms with Crippen LogP contribution in [0.25, 0.3) is 6.08 Å². The van der Waals surface area contributed by atoms with Crippen molar-refractivity contribution in [3.05, 3.63) is 64.6 Å². The number of amides is 2. The van der Waals surface area contributed by atoms with E-state index in [2.05, 4.69) is 5.32 Å². The average Bonchev–Trinajstić information content (AvgIpc) is 2.90. The molecule has 5 nitrogen and oxygen atoms in total. The molecule has 0 unspecified atom stereocenters. The van der Waals surface area contributed by atoms with Gasteiger partial charge in [0.25, 0.3) is 5.91 Å². The molecule has 138 valence electrons. The van der Waals surface area contributed by atoms with E-state index in [0.29, 0.717) is 14.9 Å². The lowest BCUT2D eigenvalue weighted by Crippen LogP contribution is -2.36. The van der Waals surface area contributed by atoms with E-state index < -0.39 is 0 Å². The van der Waals surface area contributed by atoms with Gasteiger partial charge < -0.3 is 10.1 Å². The Bertz CT molecular complexity index is 923. The molecule has 1 fully saturated rings. The second kappa shape index (κ2) is 8.37. The Hall–Kier alpha value is -2.64. The van der Waals surface area contributed by atoms with Gasteiger partial charge in [-0.05, 0) is 48.4 Å². The minimum absolute atomic E-state index is 0.113. The van der Waals surface area contributed by atoms with Crippen LogP contribution in [0.5, 0.6) is 5.75 Å². The number of thioether (sulfide) groups is 1. The van der Waals surface area contributed by atoms with Crippen molar-refractivity contribution in [2.75, 3.05) is 19.0 Å². The number of ether oxygens (including phenoxy) is 1. The standard InChI is InChI=1S/C20H18N2O3S2/c1-13-4-3-5-15(10-13)21-18(23)12-22-19(24)17(27-20(22)26)11-14-6-8-16(25-2)9-7-14/h3-11H,12H2,1-2H3,(H,21,23). The van der Waals surface area contributed by atoms with Gasteiger partial charge in [-0.25, -0.2) is 0 Å². The Morgan fingerprint density at radius 3 is 2.67 bits per heavy atom. The van der Waals surface area contributed by atoms with Crippen molar-refractivity contribution in [2.24, 2.45) is 0 Å². The molecule has 1 N–H and O–H groups in total. The van der Waals surface area contributed by atoms with Crippen molar-refractivity contribution in [3.8, 4) is 5.75 Å². The number of rotatable bonds is 5. The maximum atomic E-state index is 12.6. The van der Waals surface area contributed by atoms with E-state index in [4.69, 9.17) is 17.0 Å². The SMILES string of the molecule is COc1ccc(C=C2SC(=S)N(CC(=O)Nc3cccc(C)c3)C2=O)cc1. The van der Waals surface area contributed by atoms with Gasteiger partial charge in [0, 0.05) is 5.69 Å². The highest BCUT2D eigenvalue weighted by Crippen LogP contribution is 2.32. The molecule has 0 spiro atoms. The molecule has 0 aromatic heterocycles. The van der Waals surface area contributed by atoms with Gasteiger partial charge in [0.1, 0.15) is 16.6 Å². The summed E-state index contributed by atoms with van der Waals surface area (Å²) in [6.45, 7) is 1.83. The summed E-state index contributed by atoms with van der Waals surface area (Å²) in [6.07, 6.45) is 1.76. The second-order valence-electron chi connectivity index (χ2n) is 5.96. The molecule has 0 radical (unpaired) electrons. The largest absolute Gasteiger partial charge is 0.497 e. The number of carbonyl (C=O) groups excluding carboxylic acids is 2. The highest BCUT2D eigenvalue weighted by molar-refractivity contribution is 8.26. The Morgan fingerprint density at radius 2 is 2.00 bits per heavy atom. The zero-order chi connectivity index (χ0) is 19.4. The van der Waals surface area contributed by atoms with Gasteiger partial charge in [0.2, 0.25) is 5.91 Å². The number of hydrogen-bond acceptors (Lipinski definition) is 5. The van der Waals surface area contributed by atoms with Crippen molar-refractivity contribution in [2.45, 2.75) is 6.92 Å². The first kappa shape index (κ1) is 19.1. The zero-order valence-electron chi connectivity index (χ0n) is 14.9. The topological polar surface area (TPSA) is 58.6 Å². The minimum atomic E-state index is -0.289. The molecule has 1 heterocycles. The summed E-state index contributed by atoms with van der Waals surface area (Å²) >= 11 is 6.48. The quantitative estimate of drug-likeness (QED) is 0.613. The lowest BCUT2D eigenvalue weighted by atomic mass is 10.2. The molecule has 3 rings (SSSR count). The van der Waals surface area contributed by atoms with Crippen LogP contribution in [0, 0.1) is 6.92 Å². The van der Waals surface area contributed by atoms with Gasteiger partial charge in [-0.3, -0.25) is 14.5 Å². The highest BCUT2D eigenvalue weighted by Gasteiger charge is 2.33. The van der Waals surface area contributed by atoms with E-state index >= 15 is 0 Å². The fourth-order valence-electron chi connectivity index (χ4n) is 2.55. The van der Waals surface area contributed by atoms with Crippen LogP contribution >= 0.6 is 24.0 Å². The van der Waals surface area contributed by atoms with E-state index in [1.165, 1.54) is 16.7 Å². The summed E-state index contributed by atoms with van der Waals surface area (Å²) in [4.78, 5) is 26.7. The molecule has 1 saturated heterocycles. The maximum Gasteiger partial charge on any atom is 0.266 e. The summed E-state index contributed by atoms with van der Waals surface area (Å²) in [7, 11) is 1.60. The van der Waals surface area contributed by atoms with E-state index in [0.717, 1.165) is 16.9 Å². The van der Waals surface area contributed by atoms with E-state index in [1.807, 2.05) is 49.4 Å². The molecule has 0 atom stereocenters. The van der Waals surface area contributed by atoms with Gasteiger partial charge in [0.15, 0.2) is 0 Å². The molecule has 2 aromatic rings. The number of nitrogens with one attached hydrogen (secondary N) is 1. The molecule has 1 aliphatic rings. The van der Waals surface area contributed by atoms with Crippen LogP contribution in [0.2, 0.25) is 0 Å². The molecule has 2 amide bonds. The van der Waals surface area contributed by atoms with Gasteiger partial charge in [-0.1, -0.05) is 48.2 Å². The van der Waals surface area contributed by atoms with Crippen LogP contribution in [0.1, 0.15) is 11.1 Å². The first-order valence-corrected chi connectivity index (χ1v) is 9.44. The summed E-state index contributed by atoms with van der Waals surface area (Å²) in [5.41, 5.74) is 2.60. The fraction of sp³-hybridized carbons (Fsp3) is 0.150. The van der Waals surface area contributed by atoms with Crippen LogP contribution in [0.4, 0.5) is 5.69 Å². The summed E-state index contributed by atoms with van der Waals surface area (Å²) in [5.74, 6) is 0.190. The van der Waals surface area contributed by atoms with E-state index in [1.54, 1.807) is 19.3 Å². The number of methoxy groups -OCH3 is 1. The van der Waals surface area contributed by atoms with Crippen molar-refractivity contribution >= 4 is 51.9 Å². The number of carbonyl (C=O) groups is 2. The van der Waals surface area contributed by atoms with Crippen molar-refractivity contribution < 1.29 is 14.3 Å². The Balaban J connectivity index is 1.68. The van der Waals surface area contributed by atoms with Crippen molar-refractivity contribution in [1.82, 2.24) is 4.90 Å². The van der Waals surface area contributed by atoms with Crippen LogP contribution < -0.4 is 10.1 Å². The first-order valence-electron chi connectivity index (χ1n) is 8.22.